The zero-order valence-electron chi connectivity index (χ0n) is 24.2. The van der Waals surface area contributed by atoms with E-state index >= 15 is 4.39 Å². The first-order chi connectivity index (χ1) is 21.0. The molecule has 1 aliphatic carbocycles. The fourth-order valence-corrected chi connectivity index (χ4v) is 6.06. The summed E-state index contributed by atoms with van der Waals surface area (Å²) in [5, 5.41) is 19.1. The van der Waals surface area contributed by atoms with Gasteiger partial charge in [-0.3, -0.25) is 10.1 Å². The van der Waals surface area contributed by atoms with Crippen molar-refractivity contribution in [2.75, 3.05) is 17.7 Å². The van der Waals surface area contributed by atoms with Crippen LogP contribution < -0.4 is 15.4 Å². The minimum atomic E-state index is -2.92. The van der Waals surface area contributed by atoms with E-state index in [1.807, 2.05) is 6.92 Å². The molecule has 1 fully saturated rings. The lowest BCUT2D eigenvalue weighted by atomic mass is 9.93. The highest BCUT2D eigenvalue weighted by atomic mass is 19.3. The summed E-state index contributed by atoms with van der Waals surface area (Å²) in [6, 6.07) is 10.5. The zero-order valence-corrected chi connectivity index (χ0v) is 24.2. The Hall–Kier alpha value is -4.87. The molecule has 2 amide bonds. The number of anilines is 2. The van der Waals surface area contributed by atoms with Crippen LogP contribution in [-0.2, 0) is 9.53 Å². The molecule has 6 rings (SSSR count). The van der Waals surface area contributed by atoms with Gasteiger partial charge < -0.3 is 20.2 Å². The molecular formula is C32H30F3N5O4. The van der Waals surface area contributed by atoms with Crippen molar-refractivity contribution in [3.05, 3.63) is 88.0 Å². The van der Waals surface area contributed by atoms with E-state index in [2.05, 4.69) is 20.4 Å². The predicted molar refractivity (Wildman–Crippen MR) is 157 cm³/mol. The number of alkyl halides is 2. The normalized spacial score (nSPS) is 19.2. The summed E-state index contributed by atoms with van der Waals surface area (Å²) in [6.07, 6.45) is -0.843. The molecular weight excluding hydrogens is 575 g/mol. The number of imidazole rings is 1. The molecule has 2 aromatic carbocycles. The summed E-state index contributed by atoms with van der Waals surface area (Å²) in [5.74, 6) is -0.711. The number of methoxy groups -OCH3 is 1. The van der Waals surface area contributed by atoms with Gasteiger partial charge in [0.2, 0.25) is 11.6 Å². The monoisotopic (exact) mass is 605 g/mol. The molecule has 9 nitrogen and oxygen atoms in total. The van der Waals surface area contributed by atoms with Crippen molar-refractivity contribution in [3.8, 4) is 22.4 Å². The first-order valence-corrected chi connectivity index (χ1v) is 14.2. The molecule has 3 heterocycles. The Labute approximate surface area is 251 Å². The molecule has 1 aliphatic heterocycles. The van der Waals surface area contributed by atoms with Crippen LogP contribution in [-0.4, -0.2) is 29.1 Å². The van der Waals surface area contributed by atoms with Crippen LogP contribution >= 0.6 is 0 Å². The van der Waals surface area contributed by atoms with Gasteiger partial charge in [0.25, 0.3) is 6.43 Å². The fraction of sp³-hybridized carbons (Fsp3) is 0.312. The quantitative estimate of drug-likeness (QED) is 0.175. The number of ether oxygens (including phenoxy) is 1. The molecule has 228 valence electrons. The van der Waals surface area contributed by atoms with Gasteiger partial charge in [0, 0.05) is 40.6 Å². The highest BCUT2D eigenvalue weighted by Gasteiger charge is 2.43. The Balaban J connectivity index is 1.43. The number of aromatic amines is 1. The van der Waals surface area contributed by atoms with Crippen LogP contribution in [0.1, 0.15) is 59.9 Å². The van der Waals surface area contributed by atoms with Crippen molar-refractivity contribution >= 4 is 23.4 Å². The second kappa shape index (κ2) is 11.3. The van der Waals surface area contributed by atoms with Crippen molar-refractivity contribution in [2.45, 2.75) is 45.5 Å². The molecule has 0 radical (unpaired) electrons. The summed E-state index contributed by atoms with van der Waals surface area (Å²) in [7, 11) is 1.25. The van der Waals surface area contributed by atoms with Crippen LogP contribution in [0.15, 0.2) is 48.7 Å². The highest BCUT2D eigenvalue weighted by molar-refractivity contribution is 5.97. The molecule has 4 aromatic rings. The van der Waals surface area contributed by atoms with Gasteiger partial charge in [0.1, 0.15) is 17.6 Å². The van der Waals surface area contributed by atoms with Gasteiger partial charge in [-0.15, -0.1) is 0 Å². The van der Waals surface area contributed by atoms with Gasteiger partial charge >= 0.3 is 6.09 Å². The van der Waals surface area contributed by atoms with E-state index in [0.29, 0.717) is 51.0 Å². The predicted octanol–water partition coefficient (Wildman–Crippen LogP) is 6.75. The summed E-state index contributed by atoms with van der Waals surface area (Å²) in [6.45, 7) is 3.31. The summed E-state index contributed by atoms with van der Waals surface area (Å²) in [5.41, 5.74) is 2.53. The largest absolute Gasteiger partial charge is 0.618 e. The third-order valence-corrected chi connectivity index (χ3v) is 8.46. The molecule has 2 aromatic heterocycles. The van der Waals surface area contributed by atoms with Crippen LogP contribution in [0.5, 0.6) is 0 Å². The number of hydrogen-bond donors (Lipinski definition) is 3. The smallest absolute Gasteiger partial charge is 0.411 e. The number of carbonyl (C=O) groups excluding carboxylic acids is 2. The van der Waals surface area contributed by atoms with E-state index in [0.717, 1.165) is 12.6 Å². The number of amides is 2. The maximum Gasteiger partial charge on any atom is 0.411 e. The molecule has 12 heteroatoms. The number of pyridine rings is 1. The Morgan fingerprint density at radius 2 is 1.93 bits per heavy atom. The summed E-state index contributed by atoms with van der Waals surface area (Å²) in [4.78, 5) is 33.0. The van der Waals surface area contributed by atoms with Crippen molar-refractivity contribution in [3.63, 3.8) is 0 Å². The lowest BCUT2D eigenvalue weighted by Crippen LogP contribution is -2.34. The molecule has 2 aliphatic rings. The van der Waals surface area contributed by atoms with Crippen molar-refractivity contribution in [1.29, 1.82) is 0 Å². The Kier molecular flexibility index (Phi) is 7.52. The number of carbonyl (C=O) groups is 2. The summed E-state index contributed by atoms with van der Waals surface area (Å²) < 4.78 is 48.0. The SMILES string of the molecule is COC(=O)Nc1ccc2c(c1)NC(=O)CC1CC1CC(c1ccc(-c3c(C(F)F)ccc(C)c3F)c[n+]1[O-])c1nc-2c(C)[nH]1. The molecule has 0 saturated heterocycles. The minimum Gasteiger partial charge on any atom is -0.618 e. The molecule has 3 unspecified atom stereocenters. The first-order valence-electron chi connectivity index (χ1n) is 14.2. The van der Waals surface area contributed by atoms with Gasteiger partial charge in [-0.25, -0.2) is 22.9 Å². The minimum absolute atomic E-state index is 0.0518. The number of nitrogens with zero attached hydrogens (tertiary/aromatic N) is 2. The molecule has 1 saturated carbocycles. The second-order valence-corrected chi connectivity index (χ2v) is 11.4. The van der Waals surface area contributed by atoms with E-state index in [-0.39, 0.29) is 40.9 Å². The van der Waals surface area contributed by atoms with Crippen LogP contribution in [0.4, 0.5) is 29.3 Å². The number of rotatable bonds is 4. The Morgan fingerprint density at radius 1 is 1.14 bits per heavy atom. The van der Waals surface area contributed by atoms with Crippen LogP contribution in [0, 0.1) is 36.7 Å². The topological polar surface area (TPSA) is 123 Å². The lowest BCUT2D eigenvalue weighted by molar-refractivity contribution is -0.614. The van der Waals surface area contributed by atoms with E-state index < -0.39 is 29.8 Å². The van der Waals surface area contributed by atoms with Gasteiger partial charge in [-0.1, -0.05) is 12.1 Å². The third kappa shape index (κ3) is 5.47. The lowest BCUT2D eigenvalue weighted by Gasteiger charge is -2.17. The molecule has 44 heavy (non-hydrogen) atoms. The number of fused-ring (bicyclic) bond motifs is 5. The van der Waals surface area contributed by atoms with Crippen molar-refractivity contribution in [1.82, 2.24) is 9.97 Å². The van der Waals surface area contributed by atoms with Gasteiger partial charge in [-0.05, 0) is 68.4 Å². The number of hydrogen-bond acceptors (Lipinski definition) is 5. The van der Waals surface area contributed by atoms with Gasteiger partial charge in [0.05, 0.1) is 24.1 Å². The Morgan fingerprint density at radius 3 is 2.66 bits per heavy atom. The van der Waals surface area contributed by atoms with Crippen molar-refractivity contribution in [2.24, 2.45) is 11.8 Å². The van der Waals surface area contributed by atoms with Crippen LogP contribution in [0.25, 0.3) is 22.4 Å². The number of aromatic nitrogens is 3. The average molecular weight is 606 g/mol. The third-order valence-electron chi connectivity index (χ3n) is 8.46. The number of benzene rings is 2. The zero-order chi connectivity index (χ0) is 31.3. The summed E-state index contributed by atoms with van der Waals surface area (Å²) >= 11 is 0. The number of H-pyrrole nitrogens is 1. The first kappa shape index (κ1) is 29.2. The second-order valence-electron chi connectivity index (χ2n) is 11.4. The maximum absolute atomic E-state index is 15.1. The van der Waals surface area contributed by atoms with E-state index in [9.17, 15) is 23.6 Å². The number of nitrogens with one attached hydrogen (secondary N) is 3. The van der Waals surface area contributed by atoms with Gasteiger partial charge in [-0.2, -0.15) is 4.73 Å². The Bertz CT molecular complexity index is 1790. The number of halogens is 3. The average Bonchev–Trinajstić information content (AvgIpc) is 3.59. The molecule has 3 atom stereocenters. The van der Waals surface area contributed by atoms with E-state index in [4.69, 9.17) is 4.98 Å². The fourth-order valence-electron chi connectivity index (χ4n) is 6.06. The van der Waals surface area contributed by atoms with E-state index in [1.165, 1.54) is 38.3 Å². The van der Waals surface area contributed by atoms with E-state index in [1.54, 1.807) is 18.2 Å². The van der Waals surface area contributed by atoms with Crippen molar-refractivity contribution < 1.29 is 32.2 Å². The number of aryl methyl sites for hydroxylation is 2. The maximum atomic E-state index is 15.1. The molecule has 0 spiro atoms. The highest BCUT2D eigenvalue weighted by Crippen LogP contribution is 2.49. The molecule has 3 N–H and O–H groups in total. The van der Waals surface area contributed by atoms with Crippen LogP contribution in [0.3, 0.4) is 0 Å². The standard InChI is InChI=1S/C32H30F3N5O4/c1-15-4-7-22(30(34)35)27(28(15)33)17-5-9-25(40(43)14-17)23-11-18-10-19(18)12-26(41)38-24-13-20(37-32(42)44-3)6-8-21(24)29-16(2)36-31(23)39-29/h4-9,13-14,18-19,23,30H,10-12H2,1-3H3,(H,36,39)(H,37,42)(H,38,41). The van der Waals surface area contributed by atoms with Gasteiger partial charge in [0.15, 0.2) is 6.20 Å². The van der Waals surface area contributed by atoms with Crippen LogP contribution in [0.2, 0.25) is 0 Å². The molecule has 2 bridgehead atoms.